The Morgan fingerprint density at radius 1 is 1.37 bits per heavy atom. The van der Waals surface area contributed by atoms with E-state index < -0.39 is 10.0 Å². The maximum Gasteiger partial charge on any atom is 0.240 e. The van der Waals surface area contributed by atoms with E-state index in [1.807, 2.05) is 13.8 Å². The lowest BCUT2D eigenvalue weighted by atomic mass is 10.4. The van der Waals surface area contributed by atoms with Gasteiger partial charge < -0.3 is 10.1 Å². The number of pyridine rings is 1. The Balaban J connectivity index is 2.58. The topological polar surface area (TPSA) is 80.3 Å². The fraction of sp³-hybridized carbons (Fsp3) is 0.583. The molecule has 1 aromatic rings. The summed E-state index contributed by atoms with van der Waals surface area (Å²) >= 11 is 0. The van der Waals surface area contributed by atoms with Gasteiger partial charge in [-0.15, -0.1) is 0 Å². The lowest BCUT2D eigenvalue weighted by molar-refractivity contribution is 0.146. The molecule has 0 bridgehead atoms. The molecule has 0 spiro atoms. The molecule has 0 aromatic carbocycles. The second-order valence-corrected chi connectivity index (χ2v) is 5.62. The van der Waals surface area contributed by atoms with Crippen LogP contribution in [0, 0.1) is 0 Å². The van der Waals surface area contributed by atoms with Crippen LogP contribution in [0.5, 0.6) is 0 Å². The van der Waals surface area contributed by atoms with Crippen LogP contribution in [0.1, 0.15) is 20.3 Å². The van der Waals surface area contributed by atoms with Gasteiger partial charge in [0.05, 0.1) is 4.90 Å². The van der Waals surface area contributed by atoms with Crippen molar-refractivity contribution in [3.63, 3.8) is 0 Å². The molecule has 0 aliphatic heterocycles. The van der Waals surface area contributed by atoms with Gasteiger partial charge in [0.1, 0.15) is 5.82 Å². The number of hydrogen-bond donors (Lipinski definition) is 2. The average Bonchev–Trinajstić information content (AvgIpc) is 2.39. The van der Waals surface area contributed by atoms with Crippen molar-refractivity contribution in [1.82, 2.24) is 9.71 Å². The molecule has 0 atom stereocenters. The molecule has 108 valence electrons. The van der Waals surface area contributed by atoms with Crippen LogP contribution in [-0.4, -0.2) is 39.7 Å². The number of nitrogens with one attached hydrogen (secondary N) is 2. The van der Waals surface area contributed by atoms with E-state index >= 15 is 0 Å². The monoisotopic (exact) mass is 287 g/mol. The van der Waals surface area contributed by atoms with E-state index in [-0.39, 0.29) is 4.90 Å². The molecular weight excluding hydrogens is 266 g/mol. The Morgan fingerprint density at radius 2 is 2.16 bits per heavy atom. The maximum absolute atomic E-state index is 12.0. The summed E-state index contributed by atoms with van der Waals surface area (Å²) in [6, 6.07) is 3.00. The van der Waals surface area contributed by atoms with Gasteiger partial charge in [-0.3, -0.25) is 0 Å². The maximum atomic E-state index is 12.0. The zero-order valence-electron chi connectivity index (χ0n) is 11.3. The summed E-state index contributed by atoms with van der Waals surface area (Å²) in [7, 11) is -3.47. The zero-order chi connectivity index (χ0) is 14.1. The van der Waals surface area contributed by atoms with E-state index in [1.165, 1.54) is 18.3 Å². The number of sulfonamides is 1. The van der Waals surface area contributed by atoms with Crippen LogP contribution in [0.4, 0.5) is 5.82 Å². The molecule has 0 aliphatic rings. The molecule has 0 radical (unpaired) electrons. The summed E-state index contributed by atoms with van der Waals surface area (Å²) in [5.41, 5.74) is 0. The van der Waals surface area contributed by atoms with Crippen molar-refractivity contribution in [2.75, 3.05) is 31.6 Å². The number of hydrogen-bond acceptors (Lipinski definition) is 5. The van der Waals surface area contributed by atoms with Crippen molar-refractivity contribution in [3.05, 3.63) is 18.3 Å². The summed E-state index contributed by atoms with van der Waals surface area (Å²) in [4.78, 5) is 4.26. The first kappa shape index (κ1) is 15.9. The van der Waals surface area contributed by atoms with Crippen LogP contribution in [-0.2, 0) is 14.8 Å². The number of nitrogens with zero attached hydrogens (tertiary/aromatic N) is 1. The van der Waals surface area contributed by atoms with Crippen LogP contribution in [0.15, 0.2) is 23.2 Å². The highest BCUT2D eigenvalue weighted by molar-refractivity contribution is 7.89. The highest BCUT2D eigenvalue weighted by atomic mass is 32.2. The first-order valence-corrected chi connectivity index (χ1v) is 7.85. The fourth-order valence-corrected chi connectivity index (χ4v) is 2.55. The highest BCUT2D eigenvalue weighted by Gasteiger charge is 2.13. The lowest BCUT2D eigenvalue weighted by Crippen LogP contribution is -2.25. The van der Waals surface area contributed by atoms with E-state index in [2.05, 4.69) is 15.0 Å². The Kier molecular flexibility index (Phi) is 6.75. The summed E-state index contributed by atoms with van der Waals surface area (Å²) in [6.07, 6.45) is 2.13. The van der Waals surface area contributed by atoms with Gasteiger partial charge in [-0.05, 0) is 26.3 Å². The number of anilines is 1. The molecule has 0 aliphatic carbocycles. The van der Waals surface area contributed by atoms with Gasteiger partial charge in [0.2, 0.25) is 10.0 Å². The third-order valence-electron chi connectivity index (χ3n) is 2.36. The predicted octanol–water partition coefficient (Wildman–Crippen LogP) is 1.22. The standard InChI is InChI=1S/C12H21N3O3S/c1-3-13-12-10-11(6-8-14-12)19(16,17)15-7-5-9-18-4-2/h6,8,10,15H,3-5,7,9H2,1-2H3,(H,13,14). The van der Waals surface area contributed by atoms with Gasteiger partial charge >= 0.3 is 0 Å². The van der Waals surface area contributed by atoms with Crippen LogP contribution < -0.4 is 10.0 Å². The molecule has 1 rings (SSSR count). The molecule has 1 heterocycles. The smallest absolute Gasteiger partial charge is 0.240 e. The minimum atomic E-state index is -3.47. The second kappa shape index (κ2) is 8.08. The first-order valence-electron chi connectivity index (χ1n) is 6.37. The van der Waals surface area contributed by atoms with E-state index in [0.29, 0.717) is 38.5 Å². The van der Waals surface area contributed by atoms with Crippen molar-refractivity contribution in [1.29, 1.82) is 0 Å². The predicted molar refractivity (Wildman–Crippen MR) is 74.7 cm³/mol. The van der Waals surface area contributed by atoms with E-state index in [9.17, 15) is 8.42 Å². The first-order chi connectivity index (χ1) is 9.10. The molecule has 0 fully saturated rings. The molecule has 0 amide bonds. The molecule has 1 aromatic heterocycles. The number of rotatable bonds is 9. The minimum Gasteiger partial charge on any atom is -0.382 e. The highest BCUT2D eigenvalue weighted by Crippen LogP contribution is 2.12. The van der Waals surface area contributed by atoms with Crippen molar-refractivity contribution in [2.45, 2.75) is 25.2 Å². The van der Waals surface area contributed by atoms with Gasteiger partial charge in [-0.1, -0.05) is 0 Å². The third-order valence-corrected chi connectivity index (χ3v) is 3.82. The quantitative estimate of drug-likeness (QED) is 0.667. The Bertz CT molecular complexity index is 477. The van der Waals surface area contributed by atoms with Gasteiger partial charge in [-0.25, -0.2) is 18.1 Å². The molecule has 19 heavy (non-hydrogen) atoms. The largest absolute Gasteiger partial charge is 0.382 e. The average molecular weight is 287 g/mol. The van der Waals surface area contributed by atoms with Crippen LogP contribution in [0.3, 0.4) is 0 Å². The van der Waals surface area contributed by atoms with Crippen molar-refractivity contribution < 1.29 is 13.2 Å². The van der Waals surface area contributed by atoms with Crippen LogP contribution in [0.2, 0.25) is 0 Å². The number of ether oxygens (including phenoxy) is 1. The molecule has 0 saturated heterocycles. The second-order valence-electron chi connectivity index (χ2n) is 3.86. The van der Waals surface area contributed by atoms with Gasteiger partial charge in [-0.2, -0.15) is 0 Å². The molecule has 0 saturated carbocycles. The molecule has 7 heteroatoms. The Labute approximate surface area is 114 Å². The summed E-state index contributed by atoms with van der Waals surface area (Å²) in [6.45, 7) is 6.08. The van der Waals surface area contributed by atoms with Crippen molar-refractivity contribution in [2.24, 2.45) is 0 Å². The zero-order valence-corrected chi connectivity index (χ0v) is 12.2. The van der Waals surface area contributed by atoms with Crippen molar-refractivity contribution >= 4 is 15.8 Å². The van der Waals surface area contributed by atoms with Gasteiger partial charge in [0.15, 0.2) is 0 Å². The molecule has 0 unspecified atom stereocenters. The molecule has 6 nitrogen and oxygen atoms in total. The normalized spacial score (nSPS) is 11.5. The summed E-state index contributed by atoms with van der Waals surface area (Å²) < 4.78 is 31.7. The SMILES string of the molecule is CCNc1cc(S(=O)(=O)NCCCOCC)ccn1. The van der Waals surface area contributed by atoms with Gasteiger partial charge in [0, 0.05) is 38.6 Å². The van der Waals surface area contributed by atoms with E-state index in [0.717, 1.165) is 0 Å². The van der Waals surface area contributed by atoms with Crippen molar-refractivity contribution in [3.8, 4) is 0 Å². The van der Waals surface area contributed by atoms with E-state index in [1.54, 1.807) is 0 Å². The summed E-state index contributed by atoms with van der Waals surface area (Å²) in [5.74, 6) is 0.555. The van der Waals surface area contributed by atoms with Crippen LogP contribution in [0.25, 0.3) is 0 Å². The Morgan fingerprint density at radius 3 is 2.84 bits per heavy atom. The van der Waals surface area contributed by atoms with Crippen LogP contribution >= 0.6 is 0 Å². The van der Waals surface area contributed by atoms with E-state index in [4.69, 9.17) is 4.74 Å². The summed E-state index contributed by atoms with van der Waals surface area (Å²) in [5, 5.41) is 2.98. The molecule has 2 N–H and O–H groups in total. The lowest BCUT2D eigenvalue weighted by Gasteiger charge is -2.08. The fourth-order valence-electron chi connectivity index (χ4n) is 1.46. The third kappa shape index (κ3) is 5.54. The Hall–Kier alpha value is -1.18. The number of aromatic nitrogens is 1. The van der Waals surface area contributed by atoms with Gasteiger partial charge in [0.25, 0.3) is 0 Å². The molecular formula is C12H21N3O3S. The minimum absolute atomic E-state index is 0.217.